The molecule has 0 spiro atoms. The molecule has 2 heteroatoms. The molecule has 0 aliphatic heterocycles. The van der Waals surface area contributed by atoms with E-state index in [-0.39, 0.29) is 0 Å². The Labute approximate surface area is 517 Å². The highest BCUT2D eigenvalue weighted by molar-refractivity contribution is 6.38. The highest BCUT2D eigenvalue weighted by Gasteiger charge is 2.22. The van der Waals surface area contributed by atoms with Gasteiger partial charge in [-0.3, -0.25) is 0 Å². The summed E-state index contributed by atoms with van der Waals surface area (Å²) in [7, 11) is 0. The number of aromatic nitrogens is 2. The molecule has 2 heterocycles. The van der Waals surface area contributed by atoms with Crippen LogP contribution in [-0.4, -0.2) is 9.13 Å². The lowest BCUT2D eigenvalue weighted by molar-refractivity contribution is 1.18. The van der Waals surface area contributed by atoms with Crippen molar-refractivity contribution in [2.24, 2.45) is 0 Å². The van der Waals surface area contributed by atoms with Crippen molar-refractivity contribution in [3.63, 3.8) is 0 Å². The van der Waals surface area contributed by atoms with Gasteiger partial charge in [0.15, 0.2) is 0 Å². The summed E-state index contributed by atoms with van der Waals surface area (Å²) in [5, 5.41) is 30.4. The Bertz CT molecular complexity index is 6500. The van der Waals surface area contributed by atoms with Crippen molar-refractivity contribution in [2.45, 2.75) is 0 Å². The summed E-state index contributed by atoms with van der Waals surface area (Å²) < 4.78 is 4.89. The molecule has 0 aliphatic carbocycles. The molecule has 20 aromatic rings. The second-order valence-electron chi connectivity index (χ2n) is 24.6. The predicted octanol–water partition coefficient (Wildman–Crippen LogP) is 24.4. The van der Waals surface area contributed by atoms with Gasteiger partial charge in [-0.2, -0.15) is 0 Å². The van der Waals surface area contributed by atoms with Crippen LogP contribution in [0.25, 0.3) is 196 Å². The van der Waals surface area contributed by atoms with Gasteiger partial charge in [0.2, 0.25) is 0 Å². The summed E-state index contributed by atoms with van der Waals surface area (Å²) in [4.78, 5) is 0. The number of fused-ring (bicyclic) bond motifs is 25. The largest absolute Gasteiger partial charge is 0.309 e. The van der Waals surface area contributed by atoms with Gasteiger partial charge in [0.05, 0.1) is 22.1 Å². The maximum atomic E-state index is 2.48. The molecule has 20 rings (SSSR count). The van der Waals surface area contributed by atoms with E-state index in [0.717, 1.165) is 11.4 Å². The fourth-order valence-electron chi connectivity index (χ4n) is 16.0. The standard InChI is InChI=1S/C88H52N2/c1-3-21-60(22-4-1)89-82-34-18-17-30-68(82)69-41-36-58(49-84(69)89)76-52-81-67-29-13-16-33-73(67)86-62-40-35-55(45-57(62)38-43-74(86)87(81)71-31-14-11-27-65(71)76)56-39-44-83-78(47-56)70-42-37-59(50-85(70)90(83)61-23-5-2-6-24-61)75-51-80-64-26-10-9-25-63(64)77-46-53-19-7-8-20-54(53)48-79(77)88(80)72-32-15-12-28-66(72)75/h1-52H. The Balaban J connectivity index is 0.748. The van der Waals surface area contributed by atoms with Crippen LogP contribution in [0, 0.1) is 0 Å². The van der Waals surface area contributed by atoms with Crippen LogP contribution in [0.1, 0.15) is 0 Å². The SMILES string of the molecule is c1ccc(-n2c3ccc(-c4ccc5c(ccc6c5c5ccccc5c5cc(-c7ccc8c9ccccc9n(-c9ccccc9)c8c7)c7ccccc7c56)c4)cc3c3ccc(-c4cc5c6ccccc6c6cc7ccccc7cc6c5c5ccccc45)cc32)cc1. The summed E-state index contributed by atoms with van der Waals surface area (Å²) in [5.41, 5.74) is 14.3. The zero-order valence-electron chi connectivity index (χ0n) is 48.9. The third kappa shape index (κ3) is 7.04. The minimum Gasteiger partial charge on any atom is -0.309 e. The van der Waals surface area contributed by atoms with Gasteiger partial charge in [0.1, 0.15) is 0 Å². The molecule has 0 saturated carbocycles. The van der Waals surface area contributed by atoms with E-state index in [1.165, 1.54) is 185 Å². The van der Waals surface area contributed by atoms with E-state index in [2.05, 4.69) is 325 Å². The van der Waals surface area contributed by atoms with Gasteiger partial charge in [-0.25, -0.2) is 0 Å². The Morgan fingerprint density at radius 1 is 0.156 bits per heavy atom. The molecule has 0 bridgehead atoms. The van der Waals surface area contributed by atoms with Crippen molar-refractivity contribution in [1.29, 1.82) is 0 Å². The van der Waals surface area contributed by atoms with Gasteiger partial charge in [-0.1, -0.05) is 231 Å². The topological polar surface area (TPSA) is 9.86 Å². The fraction of sp³-hybridized carbons (Fsp3) is 0. The van der Waals surface area contributed by atoms with Crippen LogP contribution in [0.4, 0.5) is 0 Å². The molecule has 0 N–H and O–H groups in total. The number of benzene rings is 18. The Hall–Kier alpha value is -11.8. The summed E-state index contributed by atoms with van der Waals surface area (Å²) in [6.07, 6.45) is 0. The number of nitrogens with zero attached hydrogens (tertiary/aromatic N) is 2. The summed E-state index contributed by atoms with van der Waals surface area (Å²) in [6.45, 7) is 0. The van der Waals surface area contributed by atoms with Crippen molar-refractivity contribution >= 4 is 151 Å². The Morgan fingerprint density at radius 2 is 0.533 bits per heavy atom. The van der Waals surface area contributed by atoms with Crippen molar-refractivity contribution in [2.75, 3.05) is 0 Å². The molecule has 18 aromatic carbocycles. The van der Waals surface area contributed by atoms with E-state index in [4.69, 9.17) is 0 Å². The zero-order chi connectivity index (χ0) is 58.7. The summed E-state index contributed by atoms with van der Waals surface area (Å²) in [5.74, 6) is 0. The molecule has 414 valence electrons. The van der Waals surface area contributed by atoms with Crippen LogP contribution in [0.3, 0.4) is 0 Å². The first-order valence-electron chi connectivity index (χ1n) is 31.3. The maximum Gasteiger partial charge on any atom is 0.0547 e. The van der Waals surface area contributed by atoms with E-state index in [9.17, 15) is 0 Å². The van der Waals surface area contributed by atoms with Crippen LogP contribution in [0.2, 0.25) is 0 Å². The molecule has 90 heavy (non-hydrogen) atoms. The molecule has 0 aliphatic rings. The molecular weight excluding hydrogens is 1080 g/mol. The molecule has 0 amide bonds. The number of hydrogen-bond donors (Lipinski definition) is 0. The summed E-state index contributed by atoms with van der Waals surface area (Å²) in [6, 6.07) is 118. The van der Waals surface area contributed by atoms with Crippen molar-refractivity contribution in [3.8, 4) is 44.8 Å². The molecule has 2 nitrogen and oxygen atoms in total. The summed E-state index contributed by atoms with van der Waals surface area (Å²) >= 11 is 0. The average Bonchev–Trinajstić information content (AvgIpc) is 0.906. The van der Waals surface area contributed by atoms with E-state index >= 15 is 0 Å². The Kier molecular flexibility index (Phi) is 10.3. The normalized spacial score (nSPS) is 12.2. The minimum absolute atomic E-state index is 1.14. The van der Waals surface area contributed by atoms with Gasteiger partial charge in [-0.15, -0.1) is 0 Å². The van der Waals surface area contributed by atoms with Gasteiger partial charge in [-0.05, 0) is 226 Å². The first-order chi connectivity index (χ1) is 44.6. The predicted molar refractivity (Wildman–Crippen MR) is 386 cm³/mol. The van der Waals surface area contributed by atoms with Crippen molar-refractivity contribution in [1.82, 2.24) is 9.13 Å². The molecule has 0 fully saturated rings. The van der Waals surface area contributed by atoms with Gasteiger partial charge in [0.25, 0.3) is 0 Å². The number of para-hydroxylation sites is 3. The average molecular weight is 1140 g/mol. The second-order valence-corrected chi connectivity index (χ2v) is 24.6. The molecule has 2 aromatic heterocycles. The number of rotatable bonds is 5. The van der Waals surface area contributed by atoms with E-state index in [0.29, 0.717) is 0 Å². The van der Waals surface area contributed by atoms with Crippen LogP contribution < -0.4 is 0 Å². The monoisotopic (exact) mass is 1140 g/mol. The molecule has 0 unspecified atom stereocenters. The van der Waals surface area contributed by atoms with Gasteiger partial charge in [0, 0.05) is 32.9 Å². The van der Waals surface area contributed by atoms with Crippen molar-refractivity contribution < 1.29 is 0 Å². The molecule has 0 saturated heterocycles. The first kappa shape index (κ1) is 49.3. The quantitative estimate of drug-likeness (QED) is 0.120. The highest BCUT2D eigenvalue weighted by atomic mass is 15.0. The Morgan fingerprint density at radius 3 is 1.14 bits per heavy atom. The molecule has 0 atom stereocenters. The lowest BCUT2D eigenvalue weighted by Gasteiger charge is -2.18. The minimum atomic E-state index is 1.14. The lowest BCUT2D eigenvalue weighted by atomic mass is 9.85. The van der Waals surface area contributed by atoms with Gasteiger partial charge < -0.3 is 9.13 Å². The molecule has 0 radical (unpaired) electrons. The van der Waals surface area contributed by atoms with Crippen molar-refractivity contribution in [3.05, 3.63) is 315 Å². The maximum absolute atomic E-state index is 2.48. The first-order valence-corrected chi connectivity index (χ1v) is 31.3. The number of hydrogen-bond acceptors (Lipinski definition) is 0. The van der Waals surface area contributed by atoms with Gasteiger partial charge >= 0.3 is 0 Å². The zero-order valence-corrected chi connectivity index (χ0v) is 48.9. The van der Waals surface area contributed by atoms with E-state index in [1.807, 2.05) is 0 Å². The smallest absolute Gasteiger partial charge is 0.0547 e. The third-order valence-corrected chi connectivity index (χ3v) is 20.0. The van der Waals surface area contributed by atoms with Crippen LogP contribution in [0.5, 0.6) is 0 Å². The molecular formula is C88H52N2. The van der Waals surface area contributed by atoms with Crippen LogP contribution in [0.15, 0.2) is 315 Å². The second kappa shape index (κ2) is 18.8. The van der Waals surface area contributed by atoms with E-state index in [1.54, 1.807) is 0 Å². The van der Waals surface area contributed by atoms with Crippen LogP contribution in [-0.2, 0) is 0 Å². The lowest BCUT2D eigenvalue weighted by Crippen LogP contribution is -1.94. The van der Waals surface area contributed by atoms with E-state index < -0.39 is 0 Å². The highest BCUT2D eigenvalue weighted by Crippen LogP contribution is 2.49. The van der Waals surface area contributed by atoms with Crippen LogP contribution >= 0.6 is 0 Å². The fourth-order valence-corrected chi connectivity index (χ4v) is 16.0. The third-order valence-electron chi connectivity index (χ3n) is 20.0.